The van der Waals surface area contributed by atoms with Crippen molar-refractivity contribution in [2.75, 3.05) is 13.2 Å². The first-order valence-corrected chi connectivity index (χ1v) is 5.79. The molecule has 0 saturated carbocycles. The SMILES string of the molecule is Cn1cc(C=CC(=O)N2CCCC2CO)cn1. The van der Waals surface area contributed by atoms with E-state index in [0.29, 0.717) is 0 Å². The van der Waals surface area contributed by atoms with Crippen LogP contribution in [0.3, 0.4) is 0 Å². The third-order valence-corrected chi connectivity index (χ3v) is 3.01. The van der Waals surface area contributed by atoms with E-state index in [0.717, 1.165) is 24.9 Å². The first kappa shape index (κ1) is 11.9. The summed E-state index contributed by atoms with van der Waals surface area (Å²) in [6, 6.07) is -0.0129. The molecule has 1 aromatic heterocycles. The van der Waals surface area contributed by atoms with Crippen molar-refractivity contribution < 1.29 is 9.90 Å². The number of hydrogen-bond donors (Lipinski definition) is 1. The molecule has 0 aliphatic carbocycles. The lowest BCUT2D eigenvalue weighted by Gasteiger charge is -2.21. The zero-order valence-electron chi connectivity index (χ0n) is 9.91. The molecule has 17 heavy (non-hydrogen) atoms. The molecule has 1 aromatic rings. The van der Waals surface area contributed by atoms with E-state index >= 15 is 0 Å². The molecular weight excluding hydrogens is 218 g/mol. The lowest BCUT2D eigenvalue weighted by Crippen LogP contribution is -2.36. The van der Waals surface area contributed by atoms with E-state index in [2.05, 4.69) is 5.10 Å². The molecule has 2 rings (SSSR count). The quantitative estimate of drug-likeness (QED) is 0.772. The molecule has 1 aliphatic heterocycles. The van der Waals surface area contributed by atoms with E-state index in [1.165, 1.54) is 0 Å². The van der Waals surface area contributed by atoms with Crippen molar-refractivity contribution >= 4 is 12.0 Å². The minimum absolute atomic E-state index is 0.0129. The number of nitrogens with zero attached hydrogens (tertiary/aromatic N) is 3. The highest BCUT2D eigenvalue weighted by atomic mass is 16.3. The smallest absolute Gasteiger partial charge is 0.246 e. The highest BCUT2D eigenvalue weighted by Crippen LogP contribution is 2.17. The molecule has 0 bridgehead atoms. The zero-order chi connectivity index (χ0) is 12.3. The number of amides is 1. The van der Waals surface area contributed by atoms with Crippen LogP contribution >= 0.6 is 0 Å². The van der Waals surface area contributed by atoms with Crippen LogP contribution in [0.1, 0.15) is 18.4 Å². The summed E-state index contributed by atoms with van der Waals surface area (Å²) in [6.45, 7) is 0.786. The number of likely N-dealkylation sites (tertiary alicyclic amines) is 1. The van der Waals surface area contributed by atoms with Gasteiger partial charge in [-0.2, -0.15) is 5.10 Å². The predicted octanol–water partition coefficient (Wildman–Crippen LogP) is 0.417. The van der Waals surface area contributed by atoms with Crippen molar-refractivity contribution in [3.8, 4) is 0 Å². The third kappa shape index (κ3) is 2.74. The van der Waals surface area contributed by atoms with Crippen LogP contribution in [0, 0.1) is 0 Å². The minimum atomic E-state index is -0.0367. The number of aliphatic hydroxyl groups is 1. The summed E-state index contributed by atoms with van der Waals surface area (Å²) in [5.41, 5.74) is 0.903. The van der Waals surface area contributed by atoms with E-state index in [9.17, 15) is 4.79 Å². The Balaban J connectivity index is 1.99. The maximum Gasteiger partial charge on any atom is 0.246 e. The Morgan fingerprint density at radius 1 is 1.71 bits per heavy atom. The average Bonchev–Trinajstić information content (AvgIpc) is 2.94. The monoisotopic (exact) mass is 235 g/mol. The van der Waals surface area contributed by atoms with Gasteiger partial charge in [0.1, 0.15) is 0 Å². The Bertz CT molecular complexity index is 425. The zero-order valence-corrected chi connectivity index (χ0v) is 9.91. The molecule has 5 heteroatoms. The van der Waals surface area contributed by atoms with Gasteiger partial charge < -0.3 is 10.0 Å². The number of carbonyl (C=O) groups is 1. The predicted molar refractivity (Wildman–Crippen MR) is 64.1 cm³/mol. The summed E-state index contributed by atoms with van der Waals surface area (Å²) in [7, 11) is 1.83. The lowest BCUT2D eigenvalue weighted by molar-refractivity contribution is -0.127. The maximum atomic E-state index is 11.9. The normalized spacial score (nSPS) is 20.4. The molecule has 1 fully saturated rings. The minimum Gasteiger partial charge on any atom is -0.394 e. The fraction of sp³-hybridized carbons (Fsp3) is 0.500. The van der Waals surface area contributed by atoms with Gasteiger partial charge in [0, 0.05) is 31.4 Å². The van der Waals surface area contributed by atoms with E-state index in [-0.39, 0.29) is 18.6 Å². The Kier molecular flexibility index (Phi) is 3.58. The van der Waals surface area contributed by atoms with E-state index < -0.39 is 0 Å². The second-order valence-electron chi connectivity index (χ2n) is 4.29. The molecule has 1 atom stereocenters. The number of aryl methyl sites for hydroxylation is 1. The van der Waals surface area contributed by atoms with Gasteiger partial charge in [-0.15, -0.1) is 0 Å². The Morgan fingerprint density at radius 3 is 3.18 bits per heavy atom. The molecule has 0 aromatic carbocycles. The second-order valence-corrected chi connectivity index (χ2v) is 4.29. The summed E-state index contributed by atoms with van der Waals surface area (Å²) in [6.07, 6.45) is 8.71. The van der Waals surface area contributed by atoms with E-state index in [4.69, 9.17) is 5.11 Å². The largest absolute Gasteiger partial charge is 0.394 e. The van der Waals surface area contributed by atoms with Crippen molar-refractivity contribution in [1.29, 1.82) is 0 Å². The van der Waals surface area contributed by atoms with Crippen LogP contribution in [0.4, 0.5) is 0 Å². The molecule has 1 saturated heterocycles. The highest BCUT2D eigenvalue weighted by molar-refractivity contribution is 5.92. The van der Waals surface area contributed by atoms with Crippen LogP contribution in [0.25, 0.3) is 6.08 Å². The van der Waals surface area contributed by atoms with E-state index in [1.807, 2.05) is 13.2 Å². The van der Waals surface area contributed by atoms with Crippen molar-refractivity contribution in [2.24, 2.45) is 7.05 Å². The molecule has 1 aliphatic rings. The number of aliphatic hydroxyl groups excluding tert-OH is 1. The van der Waals surface area contributed by atoms with Gasteiger partial charge in [-0.3, -0.25) is 9.48 Å². The van der Waals surface area contributed by atoms with Crippen LogP contribution in [-0.2, 0) is 11.8 Å². The third-order valence-electron chi connectivity index (χ3n) is 3.01. The molecule has 0 spiro atoms. The molecule has 92 valence electrons. The summed E-state index contributed by atoms with van der Waals surface area (Å²) in [5.74, 6) is -0.0367. The molecular formula is C12H17N3O2. The number of aromatic nitrogens is 2. The van der Waals surface area contributed by atoms with Crippen LogP contribution in [0.15, 0.2) is 18.5 Å². The number of carbonyl (C=O) groups excluding carboxylic acids is 1. The molecule has 5 nitrogen and oxygen atoms in total. The molecule has 0 radical (unpaired) electrons. The fourth-order valence-corrected chi connectivity index (χ4v) is 2.11. The highest BCUT2D eigenvalue weighted by Gasteiger charge is 2.26. The number of rotatable bonds is 3. The second kappa shape index (κ2) is 5.14. The lowest BCUT2D eigenvalue weighted by atomic mass is 10.2. The molecule has 1 amide bonds. The van der Waals surface area contributed by atoms with E-state index in [1.54, 1.807) is 27.9 Å². The van der Waals surface area contributed by atoms with Gasteiger partial charge in [0.05, 0.1) is 18.8 Å². The van der Waals surface area contributed by atoms with Gasteiger partial charge in [-0.1, -0.05) is 0 Å². The molecule has 1 unspecified atom stereocenters. The van der Waals surface area contributed by atoms with Gasteiger partial charge in [-0.05, 0) is 18.9 Å². The summed E-state index contributed by atoms with van der Waals surface area (Å²) in [5, 5.41) is 13.2. The van der Waals surface area contributed by atoms with Crippen LogP contribution < -0.4 is 0 Å². The fourth-order valence-electron chi connectivity index (χ4n) is 2.11. The van der Waals surface area contributed by atoms with Gasteiger partial charge >= 0.3 is 0 Å². The van der Waals surface area contributed by atoms with Gasteiger partial charge in [-0.25, -0.2) is 0 Å². The van der Waals surface area contributed by atoms with Crippen LogP contribution in [0.5, 0.6) is 0 Å². The van der Waals surface area contributed by atoms with Crippen LogP contribution in [-0.4, -0.2) is 44.9 Å². The van der Waals surface area contributed by atoms with Gasteiger partial charge in [0.25, 0.3) is 0 Å². The van der Waals surface area contributed by atoms with Gasteiger partial charge in [0.2, 0.25) is 5.91 Å². The Hall–Kier alpha value is -1.62. The first-order valence-electron chi connectivity index (χ1n) is 5.79. The van der Waals surface area contributed by atoms with Crippen molar-refractivity contribution in [3.05, 3.63) is 24.0 Å². The van der Waals surface area contributed by atoms with Crippen molar-refractivity contribution in [2.45, 2.75) is 18.9 Å². The summed E-state index contributed by atoms with van der Waals surface area (Å²) < 4.78 is 1.69. The Labute approximate surface area is 100 Å². The first-order chi connectivity index (χ1) is 8.20. The average molecular weight is 235 g/mol. The van der Waals surface area contributed by atoms with Crippen molar-refractivity contribution in [1.82, 2.24) is 14.7 Å². The topological polar surface area (TPSA) is 58.4 Å². The number of hydrogen-bond acceptors (Lipinski definition) is 3. The van der Waals surface area contributed by atoms with Gasteiger partial charge in [0.15, 0.2) is 0 Å². The molecule has 2 heterocycles. The van der Waals surface area contributed by atoms with Crippen LogP contribution in [0.2, 0.25) is 0 Å². The maximum absolute atomic E-state index is 11.9. The molecule has 1 N–H and O–H groups in total. The summed E-state index contributed by atoms with van der Waals surface area (Å²) >= 11 is 0. The van der Waals surface area contributed by atoms with Crippen molar-refractivity contribution in [3.63, 3.8) is 0 Å². The summed E-state index contributed by atoms with van der Waals surface area (Å²) in [4.78, 5) is 13.6. The standard InChI is InChI=1S/C12H17N3O2/c1-14-8-10(7-13-14)4-5-12(17)15-6-2-3-11(15)9-16/h4-5,7-8,11,16H,2-3,6,9H2,1H3. The Morgan fingerprint density at radius 2 is 2.53 bits per heavy atom.